The molecule has 0 aromatic rings. The fourth-order valence-corrected chi connectivity index (χ4v) is 2.50. The van der Waals surface area contributed by atoms with Gasteiger partial charge >= 0.3 is 0 Å². The molecule has 1 fully saturated rings. The Balaban J connectivity index is 2.17. The first-order valence-corrected chi connectivity index (χ1v) is 7.69. The van der Waals surface area contributed by atoms with Crippen LogP contribution in [0.25, 0.3) is 0 Å². The molecule has 3 heteroatoms. The Kier molecular flexibility index (Phi) is 7.87. The van der Waals surface area contributed by atoms with Crippen molar-refractivity contribution in [3.8, 4) is 0 Å². The van der Waals surface area contributed by atoms with Crippen LogP contribution in [0.4, 0.5) is 0 Å². The van der Waals surface area contributed by atoms with Gasteiger partial charge in [0.05, 0.1) is 6.10 Å². The van der Waals surface area contributed by atoms with E-state index < -0.39 is 0 Å². The van der Waals surface area contributed by atoms with Crippen molar-refractivity contribution in [3.63, 3.8) is 0 Å². The Hall–Kier alpha value is -0.120. The van der Waals surface area contributed by atoms with Gasteiger partial charge in [-0.05, 0) is 45.2 Å². The van der Waals surface area contributed by atoms with E-state index in [0.717, 1.165) is 38.7 Å². The van der Waals surface area contributed by atoms with Crippen LogP contribution < -0.4 is 5.32 Å². The molecule has 0 radical (unpaired) electrons. The number of likely N-dealkylation sites (N-methyl/N-ethyl adjacent to an activating group) is 1. The van der Waals surface area contributed by atoms with Gasteiger partial charge in [0.25, 0.3) is 0 Å². The van der Waals surface area contributed by atoms with Crippen LogP contribution in [-0.4, -0.2) is 49.8 Å². The summed E-state index contributed by atoms with van der Waals surface area (Å²) in [6.45, 7) is 14.5. The third kappa shape index (κ3) is 6.17. The lowest BCUT2D eigenvalue weighted by molar-refractivity contribution is 0.0619. The first kappa shape index (κ1) is 15.9. The highest BCUT2D eigenvalue weighted by Crippen LogP contribution is 2.14. The van der Waals surface area contributed by atoms with Gasteiger partial charge in [0.2, 0.25) is 0 Å². The summed E-state index contributed by atoms with van der Waals surface area (Å²) in [6, 6.07) is 0.603. The van der Waals surface area contributed by atoms with E-state index in [-0.39, 0.29) is 0 Å². The standard InChI is InChI=1S/C15H32N2O/c1-5-17(12-15-7-6-10-18-15)14(4)11-16-9-8-13(2)3/h13-16H,5-12H2,1-4H3. The van der Waals surface area contributed by atoms with E-state index in [2.05, 4.69) is 37.9 Å². The minimum absolute atomic E-state index is 0.475. The first-order chi connectivity index (χ1) is 8.63. The number of nitrogens with zero attached hydrogens (tertiary/aromatic N) is 1. The molecule has 1 saturated heterocycles. The van der Waals surface area contributed by atoms with Gasteiger partial charge in [0, 0.05) is 25.7 Å². The van der Waals surface area contributed by atoms with Crippen LogP contribution in [0, 0.1) is 5.92 Å². The maximum Gasteiger partial charge on any atom is 0.0702 e. The summed E-state index contributed by atoms with van der Waals surface area (Å²) in [4.78, 5) is 2.54. The molecule has 0 saturated carbocycles. The Morgan fingerprint density at radius 2 is 2.11 bits per heavy atom. The third-order valence-electron chi connectivity index (χ3n) is 3.83. The molecule has 0 spiro atoms. The second-order valence-electron chi connectivity index (χ2n) is 5.96. The molecule has 2 atom stereocenters. The highest BCUT2D eigenvalue weighted by Gasteiger charge is 2.21. The Morgan fingerprint density at radius 3 is 2.67 bits per heavy atom. The fraction of sp³-hybridized carbons (Fsp3) is 1.00. The van der Waals surface area contributed by atoms with Crippen molar-refractivity contribution in [2.24, 2.45) is 5.92 Å². The lowest BCUT2D eigenvalue weighted by Crippen LogP contribution is -2.44. The van der Waals surface area contributed by atoms with Crippen LogP contribution in [0.2, 0.25) is 0 Å². The second kappa shape index (κ2) is 8.89. The van der Waals surface area contributed by atoms with E-state index in [1.54, 1.807) is 0 Å². The molecule has 0 aromatic heterocycles. The number of rotatable bonds is 9. The zero-order valence-corrected chi connectivity index (χ0v) is 12.7. The maximum atomic E-state index is 5.73. The lowest BCUT2D eigenvalue weighted by Gasteiger charge is -2.30. The van der Waals surface area contributed by atoms with Crippen LogP contribution in [0.1, 0.15) is 47.0 Å². The number of hydrogen-bond donors (Lipinski definition) is 1. The smallest absolute Gasteiger partial charge is 0.0702 e. The molecule has 1 rings (SSSR count). The summed E-state index contributed by atoms with van der Waals surface area (Å²) in [5.74, 6) is 0.793. The second-order valence-corrected chi connectivity index (χ2v) is 5.96. The third-order valence-corrected chi connectivity index (χ3v) is 3.83. The van der Waals surface area contributed by atoms with E-state index in [1.165, 1.54) is 19.3 Å². The van der Waals surface area contributed by atoms with Gasteiger partial charge in [-0.1, -0.05) is 20.8 Å². The molecule has 0 amide bonds. The molecule has 108 valence electrons. The summed E-state index contributed by atoms with van der Waals surface area (Å²) in [7, 11) is 0. The molecule has 1 aliphatic rings. The molecule has 1 aliphatic heterocycles. The Labute approximate surface area is 113 Å². The fourth-order valence-electron chi connectivity index (χ4n) is 2.50. The molecule has 0 bridgehead atoms. The summed E-state index contributed by atoms with van der Waals surface area (Å²) in [5, 5.41) is 3.57. The molecule has 1 N–H and O–H groups in total. The van der Waals surface area contributed by atoms with Crippen LogP contribution in [-0.2, 0) is 4.74 Å². The van der Waals surface area contributed by atoms with Gasteiger partial charge in [-0.3, -0.25) is 4.90 Å². The lowest BCUT2D eigenvalue weighted by atomic mass is 10.1. The van der Waals surface area contributed by atoms with Crippen molar-refractivity contribution in [2.75, 3.05) is 32.8 Å². The minimum Gasteiger partial charge on any atom is -0.377 e. The SMILES string of the molecule is CCN(CC1CCCO1)C(C)CNCCC(C)C. The summed E-state index contributed by atoms with van der Waals surface area (Å²) in [6.07, 6.45) is 4.22. The quantitative estimate of drug-likeness (QED) is 0.642. The van der Waals surface area contributed by atoms with Crippen LogP contribution >= 0.6 is 0 Å². The van der Waals surface area contributed by atoms with Gasteiger partial charge in [-0.15, -0.1) is 0 Å². The predicted molar refractivity (Wildman–Crippen MR) is 78.0 cm³/mol. The molecule has 3 nitrogen and oxygen atoms in total. The van der Waals surface area contributed by atoms with Gasteiger partial charge < -0.3 is 10.1 Å². The van der Waals surface area contributed by atoms with E-state index in [9.17, 15) is 0 Å². The van der Waals surface area contributed by atoms with Crippen molar-refractivity contribution < 1.29 is 4.74 Å². The van der Waals surface area contributed by atoms with Crippen LogP contribution in [0.3, 0.4) is 0 Å². The number of ether oxygens (including phenoxy) is 1. The molecule has 2 unspecified atom stereocenters. The average Bonchev–Trinajstić information content (AvgIpc) is 2.84. The maximum absolute atomic E-state index is 5.73. The van der Waals surface area contributed by atoms with Crippen molar-refractivity contribution in [2.45, 2.75) is 59.1 Å². The van der Waals surface area contributed by atoms with E-state index in [0.29, 0.717) is 12.1 Å². The number of hydrogen-bond acceptors (Lipinski definition) is 3. The highest BCUT2D eigenvalue weighted by atomic mass is 16.5. The molecule has 1 heterocycles. The summed E-state index contributed by atoms with van der Waals surface area (Å²) in [5.41, 5.74) is 0. The topological polar surface area (TPSA) is 24.5 Å². The van der Waals surface area contributed by atoms with Crippen LogP contribution in [0.5, 0.6) is 0 Å². The van der Waals surface area contributed by atoms with Crippen molar-refractivity contribution in [1.29, 1.82) is 0 Å². The normalized spacial score (nSPS) is 22.0. The Morgan fingerprint density at radius 1 is 1.33 bits per heavy atom. The van der Waals surface area contributed by atoms with E-state index >= 15 is 0 Å². The molecule has 0 aliphatic carbocycles. The predicted octanol–water partition coefficient (Wildman–Crippen LogP) is 2.51. The molecule has 18 heavy (non-hydrogen) atoms. The van der Waals surface area contributed by atoms with Gasteiger partial charge in [-0.2, -0.15) is 0 Å². The van der Waals surface area contributed by atoms with Crippen molar-refractivity contribution in [3.05, 3.63) is 0 Å². The monoisotopic (exact) mass is 256 g/mol. The van der Waals surface area contributed by atoms with Gasteiger partial charge in [0.15, 0.2) is 0 Å². The van der Waals surface area contributed by atoms with Crippen molar-refractivity contribution >= 4 is 0 Å². The largest absolute Gasteiger partial charge is 0.377 e. The summed E-state index contributed by atoms with van der Waals surface area (Å²) < 4.78 is 5.73. The highest BCUT2D eigenvalue weighted by molar-refractivity contribution is 4.75. The van der Waals surface area contributed by atoms with Crippen LogP contribution in [0.15, 0.2) is 0 Å². The Bertz CT molecular complexity index is 203. The molecular weight excluding hydrogens is 224 g/mol. The van der Waals surface area contributed by atoms with Gasteiger partial charge in [-0.25, -0.2) is 0 Å². The first-order valence-electron chi connectivity index (χ1n) is 7.69. The molecular formula is C15H32N2O. The van der Waals surface area contributed by atoms with E-state index in [4.69, 9.17) is 4.74 Å². The van der Waals surface area contributed by atoms with Crippen molar-refractivity contribution in [1.82, 2.24) is 10.2 Å². The molecule has 0 aromatic carbocycles. The number of nitrogens with one attached hydrogen (secondary N) is 1. The zero-order chi connectivity index (χ0) is 13.4. The summed E-state index contributed by atoms with van der Waals surface area (Å²) >= 11 is 0. The van der Waals surface area contributed by atoms with E-state index in [1.807, 2.05) is 0 Å². The average molecular weight is 256 g/mol. The minimum atomic E-state index is 0.475. The van der Waals surface area contributed by atoms with Gasteiger partial charge in [0.1, 0.15) is 0 Å². The zero-order valence-electron chi connectivity index (χ0n) is 12.7.